The average molecular weight is 363 g/mol. The lowest BCUT2D eigenvalue weighted by Gasteiger charge is -2.11. The van der Waals surface area contributed by atoms with Crippen LogP contribution in [0.4, 0.5) is 11.5 Å². The maximum Gasteiger partial charge on any atom is 0.256 e. The first-order valence-corrected chi connectivity index (χ1v) is 8.47. The number of nitrogens with zero attached hydrogens (tertiary/aromatic N) is 1. The summed E-state index contributed by atoms with van der Waals surface area (Å²) in [7, 11) is 3.22. The molecule has 0 spiro atoms. The van der Waals surface area contributed by atoms with Crippen LogP contribution >= 0.6 is 0 Å². The van der Waals surface area contributed by atoms with Crippen LogP contribution in [0.5, 0.6) is 11.5 Å². The van der Waals surface area contributed by atoms with E-state index >= 15 is 0 Å². The van der Waals surface area contributed by atoms with Gasteiger partial charge in [-0.2, -0.15) is 0 Å². The van der Waals surface area contributed by atoms with Crippen molar-refractivity contribution in [2.45, 2.75) is 6.54 Å². The van der Waals surface area contributed by atoms with E-state index < -0.39 is 0 Å². The van der Waals surface area contributed by atoms with Gasteiger partial charge in [-0.15, -0.1) is 0 Å². The summed E-state index contributed by atoms with van der Waals surface area (Å²) in [5.74, 6) is 1.70. The summed E-state index contributed by atoms with van der Waals surface area (Å²) >= 11 is 0. The van der Waals surface area contributed by atoms with Crippen LogP contribution in [0, 0.1) is 0 Å². The fourth-order valence-electron chi connectivity index (χ4n) is 2.55. The van der Waals surface area contributed by atoms with Crippen molar-refractivity contribution in [3.8, 4) is 11.5 Å². The molecule has 1 heterocycles. The van der Waals surface area contributed by atoms with Crippen molar-refractivity contribution in [3.05, 3.63) is 78.0 Å². The van der Waals surface area contributed by atoms with E-state index in [4.69, 9.17) is 9.47 Å². The number of hydrogen-bond acceptors (Lipinski definition) is 5. The van der Waals surface area contributed by atoms with Gasteiger partial charge in [0.15, 0.2) is 11.5 Å². The van der Waals surface area contributed by atoms with E-state index in [1.54, 1.807) is 38.6 Å². The summed E-state index contributed by atoms with van der Waals surface area (Å²) in [6.07, 6.45) is 1.68. The lowest BCUT2D eigenvalue weighted by Crippen LogP contribution is -2.12. The van der Waals surface area contributed by atoms with Gasteiger partial charge >= 0.3 is 0 Å². The van der Waals surface area contributed by atoms with Crippen molar-refractivity contribution in [2.75, 3.05) is 24.9 Å². The molecule has 0 radical (unpaired) electrons. The van der Waals surface area contributed by atoms with Crippen molar-refractivity contribution in [1.29, 1.82) is 0 Å². The van der Waals surface area contributed by atoms with Crippen molar-refractivity contribution < 1.29 is 14.3 Å². The highest BCUT2D eigenvalue weighted by Crippen LogP contribution is 2.27. The molecule has 0 saturated carbocycles. The first-order chi connectivity index (χ1) is 13.2. The van der Waals surface area contributed by atoms with Crippen LogP contribution in [-0.2, 0) is 6.54 Å². The number of aromatic nitrogens is 1. The summed E-state index contributed by atoms with van der Waals surface area (Å²) in [6, 6.07) is 18.4. The van der Waals surface area contributed by atoms with Crippen LogP contribution in [0.2, 0.25) is 0 Å². The number of anilines is 2. The third-order valence-corrected chi connectivity index (χ3v) is 3.99. The van der Waals surface area contributed by atoms with Gasteiger partial charge in [-0.1, -0.05) is 24.3 Å². The number of carbonyl (C=O) groups excluding carboxylic acids is 1. The molecular formula is C21H21N3O3. The van der Waals surface area contributed by atoms with Crippen molar-refractivity contribution in [1.82, 2.24) is 4.98 Å². The van der Waals surface area contributed by atoms with Gasteiger partial charge in [0, 0.05) is 12.1 Å². The van der Waals surface area contributed by atoms with E-state index in [1.165, 1.54) is 0 Å². The summed E-state index contributed by atoms with van der Waals surface area (Å²) in [6.45, 7) is 0.609. The topological polar surface area (TPSA) is 72.5 Å². The van der Waals surface area contributed by atoms with E-state index in [1.807, 2.05) is 42.5 Å². The fourth-order valence-corrected chi connectivity index (χ4v) is 2.55. The molecule has 0 aliphatic rings. The normalized spacial score (nSPS) is 10.1. The molecule has 138 valence electrons. The maximum atomic E-state index is 12.1. The Labute approximate surface area is 158 Å². The number of pyridine rings is 1. The molecule has 27 heavy (non-hydrogen) atoms. The van der Waals surface area contributed by atoms with Crippen LogP contribution in [0.3, 0.4) is 0 Å². The molecule has 0 atom stereocenters. The monoisotopic (exact) mass is 363 g/mol. The zero-order chi connectivity index (χ0) is 19.1. The van der Waals surface area contributed by atoms with Crippen LogP contribution in [0.15, 0.2) is 66.9 Å². The number of carbonyl (C=O) groups is 1. The molecule has 1 aromatic heterocycles. The van der Waals surface area contributed by atoms with Gasteiger partial charge in [-0.3, -0.25) is 4.79 Å². The minimum Gasteiger partial charge on any atom is -0.493 e. The van der Waals surface area contributed by atoms with E-state index in [0.717, 1.165) is 11.3 Å². The number of benzene rings is 2. The Balaban J connectivity index is 1.59. The standard InChI is InChI=1S/C21H21N3O3/c1-26-18-10-8-15(12-19(18)27-2)13-22-17-9-11-20(23-14-17)24-21(25)16-6-4-3-5-7-16/h3-12,14,22H,13H2,1-2H3,(H,23,24,25). The number of nitrogens with one attached hydrogen (secondary N) is 2. The second-order valence-electron chi connectivity index (χ2n) is 5.80. The van der Waals surface area contributed by atoms with E-state index in [9.17, 15) is 4.79 Å². The minimum absolute atomic E-state index is 0.186. The molecule has 0 bridgehead atoms. The number of amides is 1. The molecule has 1 amide bonds. The van der Waals surface area contributed by atoms with Gasteiger partial charge < -0.3 is 20.1 Å². The average Bonchev–Trinajstić information content (AvgIpc) is 2.73. The Hall–Kier alpha value is -3.54. The lowest BCUT2D eigenvalue weighted by molar-refractivity contribution is 0.102. The lowest BCUT2D eigenvalue weighted by atomic mass is 10.2. The number of ether oxygens (including phenoxy) is 2. The molecule has 3 rings (SSSR count). The van der Waals surface area contributed by atoms with Crippen LogP contribution in [0.1, 0.15) is 15.9 Å². The summed E-state index contributed by atoms with van der Waals surface area (Å²) in [5.41, 5.74) is 2.49. The second kappa shape index (κ2) is 8.71. The molecule has 0 unspecified atom stereocenters. The zero-order valence-corrected chi connectivity index (χ0v) is 15.2. The predicted octanol–water partition coefficient (Wildman–Crippen LogP) is 3.96. The number of methoxy groups -OCH3 is 2. The first-order valence-electron chi connectivity index (χ1n) is 8.47. The Morgan fingerprint density at radius 1 is 0.963 bits per heavy atom. The quantitative estimate of drug-likeness (QED) is 0.665. The molecule has 6 heteroatoms. The molecule has 6 nitrogen and oxygen atoms in total. The third kappa shape index (κ3) is 4.76. The van der Waals surface area contributed by atoms with Gasteiger partial charge in [0.25, 0.3) is 5.91 Å². The summed E-state index contributed by atoms with van der Waals surface area (Å²) in [4.78, 5) is 16.4. The Bertz CT molecular complexity index is 896. The first kappa shape index (κ1) is 18.3. The molecular weight excluding hydrogens is 342 g/mol. The highest BCUT2D eigenvalue weighted by Gasteiger charge is 2.07. The predicted molar refractivity (Wildman–Crippen MR) is 106 cm³/mol. The van der Waals surface area contributed by atoms with Crippen molar-refractivity contribution >= 4 is 17.4 Å². The maximum absolute atomic E-state index is 12.1. The summed E-state index contributed by atoms with van der Waals surface area (Å²) in [5, 5.41) is 6.07. The van der Waals surface area contributed by atoms with Crippen molar-refractivity contribution in [2.24, 2.45) is 0 Å². The Morgan fingerprint density at radius 2 is 1.74 bits per heavy atom. The fraction of sp³-hybridized carbons (Fsp3) is 0.143. The summed E-state index contributed by atoms with van der Waals surface area (Å²) < 4.78 is 10.6. The SMILES string of the molecule is COc1ccc(CNc2ccc(NC(=O)c3ccccc3)nc2)cc1OC. The molecule has 0 saturated heterocycles. The largest absolute Gasteiger partial charge is 0.493 e. The highest BCUT2D eigenvalue weighted by atomic mass is 16.5. The minimum atomic E-state index is -0.186. The van der Waals surface area contributed by atoms with E-state index in [2.05, 4.69) is 15.6 Å². The van der Waals surface area contributed by atoms with Crippen LogP contribution < -0.4 is 20.1 Å². The van der Waals surface area contributed by atoms with Gasteiger partial charge in [0.1, 0.15) is 5.82 Å². The molecule has 0 aliphatic heterocycles. The number of rotatable bonds is 7. The van der Waals surface area contributed by atoms with E-state index in [0.29, 0.717) is 29.4 Å². The highest BCUT2D eigenvalue weighted by molar-refractivity contribution is 6.03. The third-order valence-electron chi connectivity index (χ3n) is 3.99. The van der Waals surface area contributed by atoms with Gasteiger partial charge in [0.05, 0.1) is 26.1 Å². The van der Waals surface area contributed by atoms with Crippen molar-refractivity contribution in [3.63, 3.8) is 0 Å². The van der Waals surface area contributed by atoms with Gasteiger partial charge in [0.2, 0.25) is 0 Å². The number of hydrogen-bond donors (Lipinski definition) is 2. The van der Waals surface area contributed by atoms with Crippen LogP contribution in [-0.4, -0.2) is 25.1 Å². The Morgan fingerprint density at radius 3 is 2.41 bits per heavy atom. The molecule has 0 aliphatic carbocycles. The second-order valence-corrected chi connectivity index (χ2v) is 5.80. The molecule has 3 aromatic rings. The van der Waals surface area contributed by atoms with E-state index in [-0.39, 0.29) is 5.91 Å². The molecule has 0 fully saturated rings. The van der Waals surface area contributed by atoms with Gasteiger partial charge in [-0.05, 0) is 42.0 Å². The molecule has 2 N–H and O–H groups in total. The van der Waals surface area contributed by atoms with Crippen LogP contribution in [0.25, 0.3) is 0 Å². The Kier molecular flexibility index (Phi) is 5.89. The molecule has 2 aromatic carbocycles. The zero-order valence-electron chi connectivity index (χ0n) is 15.2. The smallest absolute Gasteiger partial charge is 0.256 e. The van der Waals surface area contributed by atoms with Gasteiger partial charge in [-0.25, -0.2) is 4.98 Å².